The van der Waals surface area contributed by atoms with Gasteiger partial charge in [0, 0.05) is 19.2 Å². The molecule has 0 aromatic heterocycles. The molecule has 1 N–H and O–H groups in total. The van der Waals surface area contributed by atoms with Gasteiger partial charge in [0.25, 0.3) is 5.91 Å². The number of carbonyl (C=O) groups is 2. The van der Waals surface area contributed by atoms with Crippen molar-refractivity contribution < 1.29 is 19.1 Å². The molecule has 2 aromatic rings. The summed E-state index contributed by atoms with van der Waals surface area (Å²) in [7, 11) is 3.05. The van der Waals surface area contributed by atoms with Crippen LogP contribution in [0.2, 0.25) is 0 Å². The molecule has 1 saturated heterocycles. The summed E-state index contributed by atoms with van der Waals surface area (Å²) in [6.07, 6.45) is 2.22. The molecule has 0 atom stereocenters. The lowest BCUT2D eigenvalue weighted by atomic mass is 10.1. The Kier molecular flexibility index (Phi) is 6.19. The molecule has 0 unspecified atom stereocenters. The molecule has 1 fully saturated rings. The number of nitrogens with one attached hydrogen (secondary N) is 1. The van der Waals surface area contributed by atoms with Crippen LogP contribution in [0.1, 0.15) is 34.3 Å². The van der Waals surface area contributed by atoms with Gasteiger partial charge < -0.3 is 19.7 Å². The van der Waals surface area contributed by atoms with Crippen LogP contribution in [-0.2, 0) is 11.2 Å². The maximum atomic E-state index is 13.0. The third kappa shape index (κ3) is 4.44. The molecule has 6 heteroatoms. The van der Waals surface area contributed by atoms with E-state index in [0.29, 0.717) is 22.7 Å². The van der Waals surface area contributed by atoms with Crippen LogP contribution in [0.15, 0.2) is 36.4 Å². The lowest BCUT2D eigenvalue weighted by molar-refractivity contribution is -0.115. The molecule has 6 nitrogen and oxygen atoms in total. The Bertz CT molecular complexity index is 856. The standard InChI is InChI=1S/C22H26N2O4/c1-15-6-8-16(9-7-15)12-21(25)23-18-14-20(28-3)19(27-2)13-17(18)22(26)24-10-4-5-11-24/h6-9,13-14H,4-5,10-12H2,1-3H3,(H,23,25). The van der Waals surface area contributed by atoms with Crippen molar-refractivity contribution in [2.45, 2.75) is 26.2 Å². The summed E-state index contributed by atoms with van der Waals surface area (Å²) in [5.41, 5.74) is 2.90. The van der Waals surface area contributed by atoms with E-state index < -0.39 is 0 Å². The third-order valence-electron chi connectivity index (χ3n) is 4.91. The Balaban J connectivity index is 1.87. The second-order valence-corrected chi connectivity index (χ2v) is 6.96. The number of nitrogens with zero attached hydrogens (tertiary/aromatic N) is 1. The summed E-state index contributed by atoms with van der Waals surface area (Å²) < 4.78 is 10.7. The van der Waals surface area contributed by atoms with Crippen LogP contribution in [0.5, 0.6) is 11.5 Å². The Morgan fingerprint density at radius 1 is 1.00 bits per heavy atom. The van der Waals surface area contributed by atoms with Crippen molar-refractivity contribution in [3.63, 3.8) is 0 Å². The van der Waals surface area contributed by atoms with E-state index in [0.717, 1.165) is 37.1 Å². The highest BCUT2D eigenvalue weighted by Crippen LogP contribution is 2.34. The second-order valence-electron chi connectivity index (χ2n) is 6.96. The first kappa shape index (κ1) is 19.7. The van der Waals surface area contributed by atoms with E-state index in [4.69, 9.17) is 9.47 Å². The number of anilines is 1. The predicted molar refractivity (Wildman–Crippen MR) is 108 cm³/mol. The fraction of sp³-hybridized carbons (Fsp3) is 0.364. The molecule has 1 heterocycles. The van der Waals surface area contributed by atoms with Crippen molar-refractivity contribution in [1.29, 1.82) is 0 Å². The second kappa shape index (κ2) is 8.78. The Hall–Kier alpha value is -3.02. The number of carbonyl (C=O) groups excluding carboxylic acids is 2. The normalized spacial score (nSPS) is 13.3. The fourth-order valence-electron chi connectivity index (χ4n) is 3.34. The quantitative estimate of drug-likeness (QED) is 0.831. The highest BCUT2D eigenvalue weighted by molar-refractivity contribution is 6.05. The zero-order valence-corrected chi connectivity index (χ0v) is 16.6. The molecule has 1 aliphatic heterocycles. The van der Waals surface area contributed by atoms with E-state index in [9.17, 15) is 9.59 Å². The van der Waals surface area contributed by atoms with Gasteiger partial charge in [-0.05, 0) is 31.4 Å². The topological polar surface area (TPSA) is 67.9 Å². The van der Waals surface area contributed by atoms with E-state index in [-0.39, 0.29) is 18.2 Å². The molecule has 0 aliphatic carbocycles. The zero-order valence-electron chi connectivity index (χ0n) is 16.6. The van der Waals surface area contributed by atoms with Gasteiger partial charge in [-0.1, -0.05) is 29.8 Å². The van der Waals surface area contributed by atoms with Crippen molar-refractivity contribution in [2.75, 3.05) is 32.6 Å². The van der Waals surface area contributed by atoms with E-state index in [1.54, 1.807) is 17.0 Å². The number of rotatable bonds is 6. The average molecular weight is 382 g/mol. The maximum Gasteiger partial charge on any atom is 0.256 e. The highest BCUT2D eigenvalue weighted by Gasteiger charge is 2.25. The van der Waals surface area contributed by atoms with Gasteiger partial charge in [0.15, 0.2) is 11.5 Å². The molecule has 3 rings (SSSR count). The van der Waals surface area contributed by atoms with Crippen molar-refractivity contribution >= 4 is 17.5 Å². The molecular formula is C22H26N2O4. The molecular weight excluding hydrogens is 356 g/mol. The number of hydrogen-bond acceptors (Lipinski definition) is 4. The molecule has 0 saturated carbocycles. The van der Waals surface area contributed by atoms with E-state index >= 15 is 0 Å². The van der Waals surface area contributed by atoms with Gasteiger partial charge in [-0.2, -0.15) is 0 Å². The van der Waals surface area contributed by atoms with E-state index in [2.05, 4.69) is 5.32 Å². The molecule has 2 aromatic carbocycles. The van der Waals surface area contributed by atoms with Crippen LogP contribution in [0.25, 0.3) is 0 Å². The smallest absolute Gasteiger partial charge is 0.256 e. The van der Waals surface area contributed by atoms with Crippen LogP contribution in [0, 0.1) is 6.92 Å². The van der Waals surface area contributed by atoms with Gasteiger partial charge in [-0.25, -0.2) is 0 Å². The Morgan fingerprint density at radius 2 is 1.61 bits per heavy atom. The van der Waals surface area contributed by atoms with Crippen LogP contribution in [0.4, 0.5) is 5.69 Å². The van der Waals surface area contributed by atoms with Gasteiger partial charge in [0.2, 0.25) is 5.91 Å². The largest absolute Gasteiger partial charge is 0.493 e. The monoisotopic (exact) mass is 382 g/mol. The van der Waals surface area contributed by atoms with Crippen molar-refractivity contribution in [3.8, 4) is 11.5 Å². The molecule has 2 amide bonds. The summed E-state index contributed by atoms with van der Waals surface area (Å²) in [5, 5.41) is 2.88. The van der Waals surface area contributed by atoms with Crippen molar-refractivity contribution in [1.82, 2.24) is 4.90 Å². The van der Waals surface area contributed by atoms with Crippen LogP contribution in [-0.4, -0.2) is 44.0 Å². The van der Waals surface area contributed by atoms with Crippen molar-refractivity contribution in [2.24, 2.45) is 0 Å². The Labute approximate surface area is 165 Å². The number of methoxy groups -OCH3 is 2. The third-order valence-corrected chi connectivity index (χ3v) is 4.91. The fourth-order valence-corrected chi connectivity index (χ4v) is 3.34. The number of amides is 2. The van der Waals surface area contributed by atoms with Gasteiger partial charge in [0.1, 0.15) is 0 Å². The minimum absolute atomic E-state index is 0.107. The van der Waals surface area contributed by atoms with Crippen LogP contribution in [0.3, 0.4) is 0 Å². The van der Waals surface area contributed by atoms with Gasteiger partial charge in [-0.3, -0.25) is 9.59 Å². The Morgan fingerprint density at radius 3 is 2.21 bits per heavy atom. The first-order valence-corrected chi connectivity index (χ1v) is 9.42. The zero-order chi connectivity index (χ0) is 20.1. The maximum absolute atomic E-state index is 13.0. The predicted octanol–water partition coefficient (Wildman–Crippen LogP) is 3.43. The van der Waals surface area contributed by atoms with Gasteiger partial charge >= 0.3 is 0 Å². The van der Waals surface area contributed by atoms with Gasteiger partial charge in [-0.15, -0.1) is 0 Å². The lowest BCUT2D eigenvalue weighted by Gasteiger charge is -2.20. The molecule has 0 bridgehead atoms. The van der Waals surface area contributed by atoms with Gasteiger partial charge in [0.05, 0.1) is 31.9 Å². The number of likely N-dealkylation sites (tertiary alicyclic amines) is 1. The first-order valence-electron chi connectivity index (χ1n) is 9.42. The van der Waals surface area contributed by atoms with E-state index in [1.807, 2.05) is 31.2 Å². The average Bonchev–Trinajstić information content (AvgIpc) is 3.23. The molecule has 1 aliphatic rings. The summed E-state index contributed by atoms with van der Waals surface area (Å²) >= 11 is 0. The number of aryl methyl sites for hydroxylation is 1. The first-order chi connectivity index (χ1) is 13.5. The van der Waals surface area contributed by atoms with Crippen molar-refractivity contribution in [3.05, 3.63) is 53.1 Å². The minimum atomic E-state index is -0.188. The molecule has 0 radical (unpaired) electrons. The number of hydrogen-bond donors (Lipinski definition) is 1. The van der Waals surface area contributed by atoms with E-state index in [1.165, 1.54) is 14.2 Å². The highest BCUT2D eigenvalue weighted by atomic mass is 16.5. The molecule has 28 heavy (non-hydrogen) atoms. The lowest BCUT2D eigenvalue weighted by Crippen LogP contribution is -2.29. The summed E-state index contributed by atoms with van der Waals surface area (Å²) in [5.74, 6) is 0.628. The number of ether oxygens (including phenoxy) is 2. The summed E-state index contributed by atoms with van der Waals surface area (Å²) in [6.45, 7) is 3.46. The number of benzene rings is 2. The minimum Gasteiger partial charge on any atom is -0.493 e. The SMILES string of the molecule is COc1cc(NC(=O)Cc2ccc(C)cc2)c(C(=O)N2CCCC2)cc1OC. The van der Waals surface area contributed by atoms with Crippen LogP contribution >= 0.6 is 0 Å². The van der Waals surface area contributed by atoms with Crippen LogP contribution < -0.4 is 14.8 Å². The molecule has 0 spiro atoms. The summed E-state index contributed by atoms with van der Waals surface area (Å²) in [6, 6.07) is 11.1. The summed E-state index contributed by atoms with van der Waals surface area (Å²) in [4.78, 5) is 27.4. The molecule has 148 valence electrons.